The van der Waals surface area contributed by atoms with E-state index in [2.05, 4.69) is 4.98 Å². The summed E-state index contributed by atoms with van der Waals surface area (Å²) in [5.41, 5.74) is -5.24. The third-order valence-electron chi connectivity index (χ3n) is 4.46. The quantitative estimate of drug-likeness (QED) is 0.582. The minimum absolute atomic E-state index is 0.0833. The number of aromatic nitrogens is 1. The summed E-state index contributed by atoms with van der Waals surface area (Å²) in [5, 5.41) is 0.941. The van der Waals surface area contributed by atoms with Crippen molar-refractivity contribution in [2.24, 2.45) is 0 Å². The number of carbonyl (C=O) groups is 1. The molecule has 0 saturated heterocycles. The van der Waals surface area contributed by atoms with Crippen molar-refractivity contribution in [2.75, 3.05) is 0 Å². The van der Waals surface area contributed by atoms with Crippen LogP contribution in [0, 0.1) is 6.92 Å². The van der Waals surface area contributed by atoms with E-state index in [0.29, 0.717) is 11.8 Å². The summed E-state index contributed by atoms with van der Waals surface area (Å²) in [6.07, 6.45) is -11.1. The van der Waals surface area contributed by atoms with E-state index in [1.807, 2.05) is 0 Å². The maximum absolute atomic E-state index is 14.0. The molecule has 0 bridgehead atoms. The van der Waals surface area contributed by atoms with E-state index in [4.69, 9.17) is 0 Å². The average molecular weight is 400 g/mol. The Morgan fingerprint density at radius 3 is 2.04 bits per heavy atom. The zero-order valence-electron chi connectivity index (χ0n) is 14.4. The second-order valence-corrected chi connectivity index (χ2v) is 6.31. The van der Waals surface area contributed by atoms with Gasteiger partial charge in [-0.1, -0.05) is 35.9 Å². The third kappa shape index (κ3) is 3.10. The molecule has 0 aliphatic rings. The van der Waals surface area contributed by atoms with Gasteiger partial charge in [-0.15, -0.1) is 0 Å². The van der Waals surface area contributed by atoms with Gasteiger partial charge in [0.1, 0.15) is 0 Å². The molecule has 0 fully saturated rings. The van der Waals surface area contributed by atoms with E-state index in [9.17, 15) is 31.1 Å². The molecular formula is C19H14F6N2O. The number of fused-ring (bicyclic) bond motifs is 1. The van der Waals surface area contributed by atoms with E-state index >= 15 is 0 Å². The van der Waals surface area contributed by atoms with Gasteiger partial charge >= 0.3 is 12.4 Å². The van der Waals surface area contributed by atoms with Crippen molar-refractivity contribution in [1.29, 1.82) is 0 Å². The Balaban J connectivity index is 2.22. The first-order chi connectivity index (χ1) is 13.0. The standard InChI is InChI=1S/C19H14F6N2O/c1-11-6-8-12(9-7-11)16(28)27-17(18(20,21)22,19(23,24)25)14-10-26-15-5-3-2-4-13(14)15/h2-10,26H,1H3,(H,27,28). The highest BCUT2D eigenvalue weighted by Crippen LogP contribution is 2.52. The Morgan fingerprint density at radius 1 is 0.893 bits per heavy atom. The first kappa shape index (κ1) is 19.8. The highest BCUT2D eigenvalue weighted by Gasteiger charge is 2.73. The number of aryl methyl sites for hydroxylation is 1. The third-order valence-corrected chi connectivity index (χ3v) is 4.46. The molecule has 3 aromatic rings. The van der Waals surface area contributed by atoms with Crippen molar-refractivity contribution in [3.63, 3.8) is 0 Å². The molecule has 28 heavy (non-hydrogen) atoms. The highest BCUT2D eigenvalue weighted by molar-refractivity contribution is 5.96. The summed E-state index contributed by atoms with van der Waals surface area (Å²) in [7, 11) is 0. The molecule has 0 atom stereocenters. The fraction of sp³-hybridized carbons (Fsp3) is 0.211. The van der Waals surface area contributed by atoms with Gasteiger partial charge < -0.3 is 10.3 Å². The molecule has 0 unspecified atom stereocenters. The maximum atomic E-state index is 14.0. The van der Waals surface area contributed by atoms with Crippen LogP contribution in [-0.2, 0) is 5.54 Å². The van der Waals surface area contributed by atoms with Crippen molar-refractivity contribution >= 4 is 16.8 Å². The van der Waals surface area contributed by atoms with Gasteiger partial charge in [0.15, 0.2) is 0 Å². The smallest absolute Gasteiger partial charge is 0.361 e. The van der Waals surface area contributed by atoms with Gasteiger partial charge in [-0.05, 0) is 25.1 Å². The molecule has 1 aromatic heterocycles. The minimum Gasteiger partial charge on any atom is -0.361 e. The van der Waals surface area contributed by atoms with Crippen LogP contribution in [0.1, 0.15) is 21.5 Å². The topological polar surface area (TPSA) is 44.9 Å². The molecule has 0 aliphatic carbocycles. The van der Waals surface area contributed by atoms with Gasteiger partial charge in [0.2, 0.25) is 0 Å². The predicted octanol–water partition coefficient (Wildman–Crippen LogP) is 5.23. The molecule has 148 valence electrons. The number of halogens is 6. The van der Waals surface area contributed by atoms with Crippen LogP contribution in [0.3, 0.4) is 0 Å². The van der Waals surface area contributed by atoms with Gasteiger partial charge in [-0.2, -0.15) is 26.3 Å². The summed E-state index contributed by atoms with van der Waals surface area (Å²) in [6, 6.07) is 10.4. The SMILES string of the molecule is Cc1ccc(C(=O)NC(c2c[nH]c3ccccc23)(C(F)(F)F)C(F)(F)F)cc1. The van der Waals surface area contributed by atoms with Crippen LogP contribution in [0.15, 0.2) is 54.7 Å². The minimum atomic E-state index is -5.85. The summed E-state index contributed by atoms with van der Waals surface area (Å²) >= 11 is 0. The van der Waals surface area contributed by atoms with Crippen molar-refractivity contribution in [1.82, 2.24) is 10.3 Å². The molecule has 3 rings (SSSR count). The molecule has 0 radical (unpaired) electrons. The van der Waals surface area contributed by atoms with E-state index < -0.39 is 29.4 Å². The number of hydrogen-bond acceptors (Lipinski definition) is 1. The maximum Gasteiger partial charge on any atom is 0.424 e. The average Bonchev–Trinajstić information content (AvgIpc) is 3.02. The normalized spacial score (nSPS) is 13.0. The zero-order valence-corrected chi connectivity index (χ0v) is 14.4. The Kier molecular flexibility index (Phi) is 4.64. The van der Waals surface area contributed by atoms with E-state index in [-0.39, 0.29) is 16.5 Å². The van der Waals surface area contributed by atoms with Crippen LogP contribution in [-0.4, -0.2) is 23.2 Å². The lowest BCUT2D eigenvalue weighted by Gasteiger charge is -2.37. The zero-order chi connectivity index (χ0) is 20.7. The van der Waals surface area contributed by atoms with Crippen molar-refractivity contribution < 1.29 is 31.1 Å². The van der Waals surface area contributed by atoms with Crippen molar-refractivity contribution in [2.45, 2.75) is 24.8 Å². The highest BCUT2D eigenvalue weighted by atomic mass is 19.4. The fourth-order valence-electron chi connectivity index (χ4n) is 3.00. The Bertz CT molecular complexity index is 988. The van der Waals surface area contributed by atoms with Crippen LogP contribution in [0.5, 0.6) is 0 Å². The molecule has 1 amide bonds. The van der Waals surface area contributed by atoms with Gasteiger partial charge in [-0.3, -0.25) is 4.79 Å². The van der Waals surface area contributed by atoms with Gasteiger partial charge in [0.05, 0.1) is 0 Å². The van der Waals surface area contributed by atoms with Crippen LogP contribution in [0.2, 0.25) is 0 Å². The lowest BCUT2D eigenvalue weighted by atomic mass is 9.87. The van der Waals surface area contributed by atoms with Crippen molar-refractivity contribution in [3.8, 4) is 0 Å². The summed E-state index contributed by atoms with van der Waals surface area (Å²) in [6.45, 7) is 1.67. The Hall–Kier alpha value is -2.97. The molecule has 1 heterocycles. The number of para-hydroxylation sites is 1. The van der Waals surface area contributed by atoms with Crippen LogP contribution >= 0.6 is 0 Å². The Morgan fingerprint density at radius 2 is 1.46 bits per heavy atom. The number of aromatic amines is 1. The molecule has 0 aliphatic heterocycles. The monoisotopic (exact) mass is 400 g/mol. The molecule has 3 nitrogen and oxygen atoms in total. The summed E-state index contributed by atoms with van der Waals surface area (Å²) in [4.78, 5) is 14.8. The van der Waals surface area contributed by atoms with E-state index in [0.717, 1.165) is 18.2 Å². The van der Waals surface area contributed by atoms with Gasteiger partial charge in [-0.25, -0.2) is 0 Å². The number of carbonyl (C=O) groups excluding carboxylic acids is 1. The van der Waals surface area contributed by atoms with E-state index in [1.54, 1.807) is 6.92 Å². The second-order valence-electron chi connectivity index (χ2n) is 6.31. The number of H-pyrrole nitrogens is 1. The largest absolute Gasteiger partial charge is 0.424 e. The van der Waals surface area contributed by atoms with Crippen LogP contribution in [0.25, 0.3) is 10.9 Å². The Labute approximate surface area is 155 Å². The number of amides is 1. The summed E-state index contributed by atoms with van der Waals surface area (Å²) in [5.74, 6) is -1.49. The number of rotatable bonds is 3. The molecule has 0 spiro atoms. The lowest BCUT2D eigenvalue weighted by Crippen LogP contribution is -2.64. The fourth-order valence-corrected chi connectivity index (χ4v) is 3.00. The summed E-state index contributed by atoms with van der Waals surface area (Å²) < 4.78 is 83.7. The number of benzene rings is 2. The van der Waals surface area contributed by atoms with Crippen LogP contribution in [0.4, 0.5) is 26.3 Å². The molecule has 2 aromatic carbocycles. The lowest BCUT2D eigenvalue weighted by molar-refractivity contribution is -0.309. The van der Waals surface area contributed by atoms with Gasteiger partial charge in [0, 0.05) is 28.2 Å². The van der Waals surface area contributed by atoms with Crippen LogP contribution < -0.4 is 5.32 Å². The second kappa shape index (κ2) is 6.57. The molecular weight excluding hydrogens is 386 g/mol. The first-order valence-electron chi connectivity index (χ1n) is 8.06. The molecule has 2 N–H and O–H groups in total. The predicted molar refractivity (Wildman–Crippen MR) is 90.7 cm³/mol. The van der Waals surface area contributed by atoms with Crippen molar-refractivity contribution in [3.05, 3.63) is 71.4 Å². The number of alkyl halides is 6. The number of nitrogens with one attached hydrogen (secondary N) is 2. The van der Waals surface area contributed by atoms with E-state index in [1.165, 1.54) is 35.6 Å². The van der Waals surface area contributed by atoms with Gasteiger partial charge in [0.25, 0.3) is 11.4 Å². The first-order valence-corrected chi connectivity index (χ1v) is 8.06. The molecule has 0 saturated carbocycles. The number of hydrogen-bond donors (Lipinski definition) is 2. The molecule has 9 heteroatoms.